The Kier molecular flexibility index (Phi) is 8.79. The van der Waals surface area contributed by atoms with Crippen LogP contribution in [0.5, 0.6) is 5.95 Å². The van der Waals surface area contributed by atoms with Crippen LogP contribution in [-0.4, -0.2) is 13.2 Å². The summed E-state index contributed by atoms with van der Waals surface area (Å²) >= 11 is 1.83. The Bertz CT molecular complexity index is 964. The van der Waals surface area contributed by atoms with Gasteiger partial charge in [-0.05, 0) is 62.2 Å². The van der Waals surface area contributed by atoms with Gasteiger partial charge in [0.25, 0.3) is 5.95 Å². The van der Waals surface area contributed by atoms with Crippen LogP contribution in [-0.2, 0) is 6.42 Å². The third-order valence-corrected chi connectivity index (χ3v) is 6.52. The van der Waals surface area contributed by atoms with Crippen molar-refractivity contribution in [2.75, 3.05) is 13.2 Å². The molecule has 1 unspecified atom stereocenters. The van der Waals surface area contributed by atoms with Gasteiger partial charge in [0.05, 0.1) is 17.6 Å². The average Bonchev–Trinajstić information content (AvgIpc) is 3.27. The van der Waals surface area contributed by atoms with Gasteiger partial charge in [-0.2, -0.15) is 0 Å². The molecule has 0 radical (unpaired) electrons. The minimum absolute atomic E-state index is 0. The molecule has 1 N–H and O–H groups in total. The highest BCUT2D eigenvalue weighted by molar-refractivity contribution is 7.09. The highest BCUT2D eigenvalue weighted by atomic mass is 35.5. The number of halogens is 1. The molecule has 2 aromatic heterocycles. The number of hydrogen-bond acceptors (Lipinski definition) is 5. The van der Waals surface area contributed by atoms with Crippen LogP contribution < -0.4 is 15.5 Å². The summed E-state index contributed by atoms with van der Waals surface area (Å²) in [5, 5.41) is 6.25. The molecular weight excluding hydrogens is 418 g/mol. The van der Waals surface area contributed by atoms with E-state index < -0.39 is 0 Å². The van der Waals surface area contributed by atoms with Crippen LogP contribution in [0.1, 0.15) is 61.4 Å². The molecule has 0 saturated carbocycles. The number of benzene rings is 1. The van der Waals surface area contributed by atoms with Gasteiger partial charge in [0.2, 0.25) is 5.43 Å². The van der Waals surface area contributed by atoms with Gasteiger partial charge >= 0.3 is 0 Å². The molecule has 0 aliphatic carbocycles. The molecule has 30 heavy (non-hydrogen) atoms. The standard InChI is InChI=1S/C24H29NO3S.ClH/c26-23-19-12-4-5-14-21(19)28-24(22(23)20-13-6-7-15-25-20)27-16-8-2-1-3-10-18-11-9-17-29-18;/h4-5,9,11-12,14,17,20,25H,1-3,6-8,10,13,15-16H2;1H. The lowest BCUT2D eigenvalue weighted by Crippen LogP contribution is -2.31. The van der Waals surface area contributed by atoms with E-state index >= 15 is 0 Å². The largest absolute Gasteiger partial charge is 0.465 e. The van der Waals surface area contributed by atoms with Crippen molar-refractivity contribution in [1.29, 1.82) is 0 Å². The molecule has 1 aliphatic heterocycles. The van der Waals surface area contributed by atoms with Crippen LogP contribution in [0.3, 0.4) is 0 Å². The van der Waals surface area contributed by atoms with Crippen molar-refractivity contribution in [1.82, 2.24) is 5.32 Å². The third-order valence-electron chi connectivity index (χ3n) is 5.59. The SMILES string of the molecule is Cl.O=c1c(C2CCCCN2)c(OCCCCCCc2cccs2)oc2ccccc12. The molecule has 4 rings (SSSR count). The van der Waals surface area contributed by atoms with E-state index in [-0.39, 0.29) is 23.9 Å². The maximum Gasteiger partial charge on any atom is 0.293 e. The van der Waals surface area contributed by atoms with Crippen LogP contribution in [0.4, 0.5) is 0 Å². The Morgan fingerprint density at radius 1 is 1.07 bits per heavy atom. The zero-order valence-electron chi connectivity index (χ0n) is 17.2. The molecule has 1 atom stereocenters. The van der Waals surface area contributed by atoms with E-state index in [9.17, 15) is 4.79 Å². The maximum absolute atomic E-state index is 13.2. The first-order valence-corrected chi connectivity index (χ1v) is 11.7. The Hall–Kier alpha value is -1.82. The Morgan fingerprint density at radius 3 is 2.73 bits per heavy atom. The van der Waals surface area contributed by atoms with Crippen LogP contribution in [0.25, 0.3) is 11.0 Å². The number of para-hydroxylation sites is 1. The topological polar surface area (TPSA) is 51.5 Å². The van der Waals surface area contributed by atoms with Gasteiger partial charge in [-0.15, -0.1) is 23.7 Å². The van der Waals surface area contributed by atoms with Gasteiger partial charge in [-0.3, -0.25) is 4.79 Å². The number of ether oxygens (including phenoxy) is 1. The van der Waals surface area contributed by atoms with Gasteiger partial charge in [-0.25, -0.2) is 0 Å². The highest BCUT2D eigenvalue weighted by Crippen LogP contribution is 2.31. The summed E-state index contributed by atoms with van der Waals surface area (Å²) in [4.78, 5) is 14.6. The molecular formula is C24H30ClNO3S. The smallest absolute Gasteiger partial charge is 0.293 e. The highest BCUT2D eigenvalue weighted by Gasteiger charge is 2.25. The number of aryl methyl sites for hydroxylation is 1. The van der Waals surface area contributed by atoms with Gasteiger partial charge < -0.3 is 14.5 Å². The Labute approximate surface area is 188 Å². The number of fused-ring (bicyclic) bond motifs is 1. The zero-order chi connectivity index (χ0) is 19.9. The molecule has 0 spiro atoms. The quantitative estimate of drug-likeness (QED) is 0.392. The van der Waals surface area contributed by atoms with Gasteiger partial charge in [0, 0.05) is 10.9 Å². The second kappa shape index (κ2) is 11.5. The molecule has 0 amide bonds. The number of unbranched alkanes of at least 4 members (excludes halogenated alkanes) is 3. The lowest BCUT2D eigenvalue weighted by molar-refractivity contribution is 0.228. The fourth-order valence-corrected chi connectivity index (χ4v) is 4.77. The van der Waals surface area contributed by atoms with Crippen molar-refractivity contribution >= 4 is 34.7 Å². The molecule has 6 heteroatoms. The third kappa shape index (κ3) is 5.65. The van der Waals surface area contributed by atoms with Crippen LogP contribution in [0.15, 0.2) is 51.0 Å². The summed E-state index contributed by atoms with van der Waals surface area (Å²) < 4.78 is 12.1. The first kappa shape index (κ1) is 22.9. The molecule has 1 fully saturated rings. The average molecular weight is 448 g/mol. The molecule has 1 saturated heterocycles. The van der Waals surface area contributed by atoms with E-state index in [4.69, 9.17) is 9.15 Å². The molecule has 3 heterocycles. The maximum atomic E-state index is 13.2. The number of piperidine rings is 1. The van der Waals surface area contributed by atoms with E-state index in [2.05, 4.69) is 22.8 Å². The summed E-state index contributed by atoms with van der Waals surface area (Å²) in [6, 6.07) is 11.8. The van der Waals surface area contributed by atoms with Crippen molar-refractivity contribution in [3.8, 4) is 5.95 Å². The van der Waals surface area contributed by atoms with Crippen molar-refractivity contribution in [3.63, 3.8) is 0 Å². The van der Waals surface area contributed by atoms with Crippen molar-refractivity contribution in [3.05, 3.63) is 62.4 Å². The molecule has 3 aromatic rings. The molecule has 162 valence electrons. The molecule has 4 nitrogen and oxygen atoms in total. The summed E-state index contributed by atoms with van der Waals surface area (Å²) in [5.41, 5.74) is 1.31. The van der Waals surface area contributed by atoms with Crippen molar-refractivity contribution in [2.45, 2.75) is 57.4 Å². The Morgan fingerprint density at radius 2 is 1.93 bits per heavy atom. The summed E-state index contributed by atoms with van der Waals surface area (Å²) in [5.74, 6) is 0.409. The van der Waals surface area contributed by atoms with Gasteiger partial charge in [0.1, 0.15) is 5.58 Å². The Balaban J connectivity index is 0.00000256. The minimum atomic E-state index is 0. The van der Waals surface area contributed by atoms with Crippen LogP contribution in [0, 0.1) is 0 Å². The van der Waals surface area contributed by atoms with Crippen molar-refractivity contribution < 1.29 is 9.15 Å². The first-order chi connectivity index (χ1) is 14.3. The van der Waals surface area contributed by atoms with E-state index in [1.807, 2.05) is 35.6 Å². The van der Waals surface area contributed by atoms with E-state index in [0.29, 0.717) is 29.1 Å². The van der Waals surface area contributed by atoms with E-state index in [0.717, 1.165) is 45.1 Å². The van der Waals surface area contributed by atoms with Crippen molar-refractivity contribution in [2.24, 2.45) is 0 Å². The lowest BCUT2D eigenvalue weighted by Gasteiger charge is -2.24. The predicted molar refractivity (Wildman–Crippen MR) is 126 cm³/mol. The monoisotopic (exact) mass is 447 g/mol. The second-order valence-electron chi connectivity index (χ2n) is 7.72. The number of thiophene rings is 1. The van der Waals surface area contributed by atoms with E-state index in [1.54, 1.807) is 0 Å². The summed E-state index contributed by atoms with van der Waals surface area (Å²) in [7, 11) is 0. The first-order valence-electron chi connectivity index (χ1n) is 10.8. The lowest BCUT2D eigenvalue weighted by atomic mass is 9.97. The number of nitrogens with one attached hydrogen (secondary N) is 1. The number of rotatable bonds is 9. The normalized spacial score (nSPS) is 16.3. The van der Waals surface area contributed by atoms with E-state index in [1.165, 1.54) is 17.7 Å². The van der Waals surface area contributed by atoms with Crippen LogP contribution in [0.2, 0.25) is 0 Å². The predicted octanol–water partition coefficient (Wildman–Crippen LogP) is 6.27. The second-order valence-corrected chi connectivity index (χ2v) is 8.76. The fourth-order valence-electron chi connectivity index (χ4n) is 4.02. The molecule has 1 aromatic carbocycles. The minimum Gasteiger partial charge on any atom is -0.465 e. The molecule has 1 aliphatic rings. The number of hydrogen-bond donors (Lipinski definition) is 1. The van der Waals surface area contributed by atoms with Gasteiger partial charge in [-0.1, -0.05) is 37.5 Å². The fraction of sp³-hybridized carbons (Fsp3) is 0.458. The zero-order valence-corrected chi connectivity index (χ0v) is 18.9. The summed E-state index contributed by atoms with van der Waals surface area (Å²) in [6.07, 6.45) is 8.88. The molecule has 0 bridgehead atoms. The summed E-state index contributed by atoms with van der Waals surface area (Å²) in [6.45, 7) is 1.51. The van der Waals surface area contributed by atoms with Gasteiger partial charge in [0.15, 0.2) is 0 Å². The van der Waals surface area contributed by atoms with Crippen LogP contribution >= 0.6 is 23.7 Å².